The molecule has 2 N–H and O–H groups in total. The number of carbonyl (C=O) groups is 1. The first-order chi connectivity index (χ1) is 7.60. The summed E-state index contributed by atoms with van der Waals surface area (Å²) in [6.07, 6.45) is 7.75. The molecule has 3 heteroatoms. The maximum Gasteiger partial charge on any atom is 0.244 e. The molecule has 0 bridgehead atoms. The molecule has 2 fully saturated rings. The van der Waals surface area contributed by atoms with Gasteiger partial charge in [-0.3, -0.25) is 4.79 Å². The summed E-state index contributed by atoms with van der Waals surface area (Å²) < 4.78 is 0. The summed E-state index contributed by atoms with van der Waals surface area (Å²) >= 11 is 0. The van der Waals surface area contributed by atoms with E-state index in [1.165, 1.54) is 19.3 Å². The highest BCUT2D eigenvalue weighted by molar-refractivity contribution is 5.88. The van der Waals surface area contributed by atoms with Crippen molar-refractivity contribution >= 4 is 5.91 Å². The van der Waals surface area contributed by atoms with Gasteiger partial charge in [0.15, 0.2) is 0 Å². The molecule has 1 aliphatic carbocycles. The van der Waals surface area contributed by atoms with Crippen LogP contribution in [0.3, 0.4) is 0 Å². The normalized spacial score (nSPS) is 27.0. The number of allylic oxidation sites excluding steroid dienone is 1. The Morgan fingerprint density at radius 2 is 2.19 bits per heavy atom. The lowest BCUT2D eigenvalue weighted by molar-refractivity contribution is -0.117. The molecule has 1 amide bonds. The van der Waals surface area contributed by atoms with E-state index in [1.807, 2.05) is 13.8 Å². The fourth-order valence-electron chi connectivity index (χ4n) is 2.77. The van der Waals surface area contributed by atoms with E-state index < -0.39 is 0 Å². The summed E-state index contributed by atoms with van der Waals surface area (Å²) in [4.78, 5) is 11.6. The highest BCUT2D eigenvalue weighted by atomic mass is 16.1. The molecule has 1 unspecified atom stereocenters. The zero-order chi connectivity index (χ0) is 11.6. The number of rotatable bonds is 2. The van der Waals surface area contributed by atoms with Gasteiger partial charge in [-0.05, 0) is 52.5 Å². The molecule has 16 heavy (non-hydrogen) atoms. The summed E-state index contributed by atoms with van der Waals surface area (Å²) in [5.74, 6) is 0.0707. The third kappa shape index (κ3) is 2.64. The van der Waals surface area contributed by atoms with Crippen molar-refractivity contribution < 1.29 is 4.79 Å². The third-order valence-corrected chi connectivity index (χ3v) is 3.71. The Hall–Kier alpha value is -0.830. The van der Waals surface area contributed by atoms with Crippen molar-refractivity contribution in [3.05, 3.63) is 11.6 Å². The Kier molecular flexibility index (Phi) is 3.33. The van der Waals surface area contributed by atoms with Crippen molar-refractivity contribution in [2.45, 2.75) is 57.5 Å². The number of piperidine rings is 1. The number of carbonyl (C=O) groups excluding carboxylic acids is 1. The van der Waals surface area contributed by atoms with Crippen LogP contribution in [0.15, 0.2) is 11.6 Å². The molecular formula is C13H22N2O. The first-order valence-electron chi connectivity index (χ1n) is 6.30. The van der Waals surface area contributed by atoms with Crippen molar-refractivity contribution in [3.63, 3.8) is 0 Å². The summed E-state index contributed by atoms with van der Waals surface area (Å²) in [7, 11) is 0. The molecule has 0 aromatic carbocycles. The summed E-state index contributed by atoms with van der Waals surface area (Å²) in [6, 6.07) is 0.365. The number of hydrogen-bond acceptors (Lipinski definition) is 2. The van der Waals surface area contributed by atoms with Gasteiger partial charge in [0.25, 0.3) is 0 Å². The third-order valence-electron chi connectivity index (χ3n) is 3.71. The summed E-state index contributed by atoms with van der Waals surface area (Å²) in [5, 5.41) is 6.73. The molecule has 2 aliphatic rings. The van der Waals surface area contributed by atoms with Gasteiger partial charge in [0.1, 0.15) is 0 Å². The second kappa shape index (κ2) is 4.58. The lowest BCUT2D eigenvalue weighted by atomic mass is 9.70. The molecule has 90 valence electrons. The Labute approximate surface area is 97.7 Å². The van der Waals surface area contributed by atoms with Gasteiger partial charge in [-0.15, -0.1) is 0 Å². The standard InChI is InChI=1S/C13H22N2O/c1-10(2)8-12(16)15-11-4-7-14-13(9-11)5-3-6-13/h8,11,14H,3-7,9H2,1-2H3,(H,15,16). The van der Waals surface area contributed by atoms with Crippen LogP contribution in [0.4, 0.5) is 0 Å². The van der Waals surface area contributed by atoms with Crippen LogP contribution in [0.2, 0.25) is 0 Å². The first kappa shape index (κ1) is 11.6. The van der Waals surface area contributed by atoms with Crippen LogP contribution in [-0.4, -0.2) is 24.0 Å². The molecule has 3 nitrogen and oxygen atoms in total. The molecule has 0 radical (unpaired) electrons. The Balaban J connectivity index is 1.86. The van der Waals surface area contributed by atoms with Crippen molar-refractivity contribution in [2.75, 3.05) is 6.54 Å². The molecule has 1 atom stereocenters. The second-order valence-electron chi connectivity index (χ2n) is 5.48. The number of nitrogens with one attached hydrogen (secondary N) is 2. The average molecular weight is 222 g/mol. The van der Waals surface area contributed by atoms with Gasteiger partial charge in [0.2, 0.25) is 5.91 Å². The van der Waals surface area contributed by atoms with Gasteiger partial charge in [-0.25, -0.2) is 0 Å². The van der Waals surface area contributed by atoms with Crippen molar-refractivity contribution in [1.29, 1.82) is 0 Å². The van der Waals surface area contributed by atoms with Crippen LogP contribution in [0.5, 0.6) is 0 Å². The van der Waals surface area contributed by atoms with E-state index in [1.54, 1.807) is 6.08 Å². The zero-order valence-corrected chi connectivity index (χ0v) is 10.3. The quantitative estimate of drug-likeness (QED) is 0.699. The molecule has 1 saturated heterocycles. The molecule has 2 rings (SSSR count). The average Bonchev–Trinajstić information content (AvgIpc) is 2.14. The minimum Gasteiger partial charge on any atom is -0.350 e. The summed E-state index contributed by atoms with van der Waals surface area (Å²) in [5.41, 5.74) is 1.42. The zero-order valence-electron chi connectivity index (χ0n) is 10.3. The van der Waals surface area contributed by atoms with E-state index in [-0.39, 0.29) is 5.91 Å². The van der Waals surface area contributed by atoms with E-state index in [0.29, 0.717) is 11.6 Å². The molecule has 1 saturated carbocycles. The first-order valence-corrected chi connectivity index (χ1v) is 6.30. The Morgan fingerprint density at radius 3 is 2.75 bits per heavy atom. The van der Waals surface area contributed by atoms with E-state index >= 15 is 0 Å². The largest absolute Gasteiger partial charge is 0.350 e. The predicted molar refractivity (Wildman–Crippen MR) is 65.2 cm³/mol. The maximum atomic E-state index is 11.6. The van der Waals surface area contributed by atoms with Gasteiger partial charge >= 0.3 is 0 Å². The van der Waals surface area contributed by atoms with Crippen LogP contribution in [-0.2, 0) is 4.79 Å². The summed E-state index contributed by atoms with van der Waals surface area (Å²) in [6.45, 7) is 4.95. The van der Waals surface area contributed by atoms with Crippen molar-refractivity contribution in [3.8, 4) is 0 Å². The van der Waals surface area contributed by atoms with Crippen LogP contribution >= 0.6 is 0 Å². The predicted octanol–water partition coefficient (Wildman–Crippen LogP) is 1.74. The number of hydrogen-bond donors (Lipinski definition) is 2. The van der Waals surface area contributed by atoms with Crippen LogP contribution in [0.1, 0.15) is 46.0 Å². The molecule has 0 aromatic rings. The lowest BCUT2D eigenvalue weighted by Gasteiger charge is -2.48. The molecule has 1 heterocycles. The van der Waals surface area contributed by atoms with Gasteiger partial charge in [0, 0.05) is 17.7 Å². The Bertz CT molecular complexity index is 301. The fraction of sp³-hybridized carbons (Fsp3) is 0.769. The maximum absolute atomic E-state index is 11.6. The van der Waals surface area contributed by atoms with Crippen molar-refractivity contribution in [2.24, 2.45) is 0 Å². The topological polar surface area (TPSA) is 41.1 Å². The van der Waals surface area contributed by atoms with E-state index in [2.05, 4.69) is 10.6 Å². The smallest absolute Gasteiger partial charge is 0.244 e. The minimum absolute atomic E-state index is 0.0707. The fourth-order valence-corrected chi connectivity index (χ4v) is 2.77. The van der Waals surface area contributed by atoms with Crippen LogP contribution in [0.25, 0.3) is 0 Å². The van der Waals surface area contributed by atoms with E-state index in [4.69, 9.17) is 0 Å². The second-order valence-corrected chi connectivity index (χ2v) is 5.48. The minimum atomic E-state index is 0.0707. The molecule has 1 spiro atoms. The SMILES string of the molecule is CC(C)=CC(=O)NC1CCNC2(CCC2)C1. The Morgan fingerprint density at radius 1 is 1.44 bits per heavy atom. The molecular weight excluding hydrogens is 200 g/mol. The van der Waals surface area contributed by atoms with E-state index in [0.717, 1.165) is 25.0 Å². The molecule has 1 aliphatic heterocycles. The van der Waals surface area contributed by atoms with Crippen LogP contribution < -0.4 is 10.6 Å². The number of amides is 1. The van der Waals surface area contributed by atoms with Gasteiger partial charge in [0.05, 0.1) is 0 Å². The highest BCUT2D eigenvalue weighted by Gasteiger charge is 2.40. The van der Waals surface area contributed by atoms with Crippen molar-refractivity contribution in [1.82, 2.24) is 10.6 Å². The lowest BCUT2D eigenvalue weighted by Crippen LogP contribution is -2.59. The highest BCUT2D eigenvalue weighted by Crippen LogP contribution is 2.38. The van der Waals surface area contributed by atoms with Gasteiger partial charge in [-0.1, -0.05) is 5.57 Å². The van der Waals surface area contributed by atoms with Gasteiger partial charge < -0.3 is 10.6 Å². The van der Waals surface area contributed by atoms with E-state index in [9.17, 15) is 4.79 Å². The van der Waals surface area contributed by atoms with Gasteiger partial charge in [-0.2, -0.15) is 0 Å². The van der Waals surface area contributed by atoms with Crippen LogP contribution in [0, 0.1) is 0 Å². The monoisotopic (exact) mass is 222 g/mol. The molecule has 0 aromatic heterocycles.